The first kappa shape index (κ1) is 21.2. The summed E-state index contributed by atoms with van der Waals surface area (Å²) < 4.78 is 11.1. The Morgan fingerprint density at radius 2 is 2.03 bits per heavy atom. The van der Waals surface area contributed by atoms with Crippen LogP contribution in [0.2, 0.25) is 5.02 Å². The van der Waals surface area contributed by atoms with Crippen LogP contribution < -0.4 is 9.64 Å². The van der Waals surface area contributed by atoms with E-state index in [1.807, 2.05) is 0 Å². The number of aliphatic hydroxyl groups excluding tert-OH is 1. The highest BCUT2D eigenvalue weighted by molar-refractivity contribution is 7.14. The summed E-state index contributed by atoms with van der Waals surface area (Å²) in [5.74, 6) is -1.52. The number of Topliss-reactive ketones (excluding diaryl/α,β-unsaturated/α-hetero) is 1. The quantitative estimate of drug-likeness (QED) is 0.371. The second-order valence-corrected chi connectivity index (χ2v) is 8.76. The topological polar surface area (TPSA) is 92.9 Å². The number of hydrogen-bond donors (Lipinski definition) is 1. The smallest absolute Gasteiger partial charge is 0.296 e. The van der Waals surface area contributed by atoms with Gasteiger partial charge in [0, 0.05) is 15.8 Å². The van der Waals surface area contributed by atoms with Crippen LogP contribution in [0.4, 0.5) is 5.13 Å². The highest BCUT2D eigenvalue weighted by atomic mass is 35.5. The van der Waals surface area contributed by atoms with Crippen molar-refractivity contribution in [2.24, 2.45) is 0 Å². The summed E-state index contributed by atoms with van der Waals surface area (Å²) in [5.41, 5.74) is 1.58. The van der Waals surface area contributed by atoms with Crippen molar-refractivity contribution in [2.75, 3.05) is 12.0 Å². The number of thiazole rings is 1. The predicted molar refractivity (Wildman–Crippen MR) is 125 cm³/mol. The average Bonchev–Trinajstić information content (AvgIpc) is 3.49. The number of fused-ring (bicyclic) bond motifs is 1. The van der Waals surface area contributed by atoms with Crippen LogP contribution in [-0.2, 0) is 4.79 Å². The number of carbonyl (C=O) groups excluding carboxylic acids is 2. The lowest BCUT2D eigenvalue weighted by molar-refractivity contribution is -0.117. The number of carbonyl (C=O) groups is 2. The van der Waals surface area contributed by atoms with E-state index in [1.54, 1.807) is 60.8 Å². The molecule has 9 heteroatoms. The SMILES string of the molecule is COc1cccc2cc(C(=O)C3=C(O)C(=O)N(c4nc(C)cs4)C3c3cccc(Cl)c3)oc12. The molecule has 0 saturated carbocycles. The summed E-state index contributed by atoms with van der Waals surface area (Å²) in [4.78, 5) is 32.5. The fraction of sp³-hybridized carbons (Fsp3) is 0.125. The first-order valence-electron chi connectivity index (χ1n) is 9.94. The fourth-order valence-corrected chi connectivity index (χ4v) is 4.95. The van der Waals surface area contributed by atoms with Crippen molar-refractivity contribution >= 4 is 50.7 Å². The Morgan fingerprint density at radius 3 is 2.73 bits per heavy atom. The number of ketones is 1. The number of rotatable bonds is 5. The molecule has 1 unspecified atom stereocenters. The van der Waals surface area contributed by atoms with Crippen LogP contribution in [0.5, 0.6) is 5.75 Å². The number of hydrogen-bond acceptors (Lipinski definition) is 7. The molecule has 0 aliphatic carbocycles. The van der Waals surface area contributed by atoms with Gasteiger partial charge in [-0.05, 0) is 36.8 Å². The molecule has 0 radical (unpaired) electrons. The van der Waals surface area contributed by atoms with Gasteiger partial charge in [0.1, 0.15) is 0 Å². The lowest BCUT2D eigenvalue weighted by atomic mass is 9.95. The highest BCUT2D eigenvalue weighted by Gasteiger charge is 2.46. The lowest BCUT2D eigenvalue weighted by Crippen LogP contribution is -2.31. The Kier molecular flexibility index (Phi) is 5.19. The van der Waals surface area contributed by atoms with Crippen LogP contribution in [-0.4, -0.2) is 28.9 Å². The number of aliphatic hydroxyl groups is 1. The van der Waals surface area contributed by atoms with Crippen LogP contribution in [0, 0.1) is 6.92 Å². The third-order valence-electron chi connectivity index (χ3n) is 5.38. The number of aromatic nitrogens is 1. The van der Waals surface area contributed by atoms with Gasteiger partial charge in [0.2, 0.25) is 5.78 Å². The number of ether oxygens (including phenoxy) is 1. The van der Waals surface area contributed by atoms with Gasteiger partial charge in [-0.1, -0.05) is 35.9 Å². The fourth-order valence-electron chi connectivity index (χ4n) is 3.92. The first-order valence-corrected chi connectivity index (χ1v) is 11.2. The molecule has 7 nitrogen and oxygen atoms in total. The van der Waals surface area contributed by atoms with Crippen molar-refractivity contribution in [1.82, 2.24) is 4.98 Å². The Bertz CT molecular complexity index is 1450. The third kappa shape index (κ3) is 3.48. The van der Waals surface area contributed by atoms with Crippen LogP contribution in [0.3, 0.4) is 0 Å². The summed E-state index contributed by atoms with van der Waals surface area (Å²) in [6.45, 7) is 1.80. The molecule has 1 aliphatic heterocycles. The Hall–Kier alpha value is -3.62. The van der Waals surface area contributed by atoms with Crippen molar-refractivity contribution in [3.05, 3.63) is 87.3 Å². The monoisotopic (exact) mass is 480 g/mol. The molecular weight excluding hydrogens is 464 g/mol. The molecule has 4 aromatic rings. The van der Waals surface area contributed by atoms with E-state index in [2.05, 4.69) is 4.98 Å². The number of benzene rings is 2. The number of furan rings is 1. The van der Waals surface area contributed by atoms with Crippen molar-refractivity contribution < 1.29 is 23.8 Å². The number of methoxy groups -OCH3 is 1. The molecule has 0 fully saturated rings. The van der Waals surface area contributed by atoms with E-state index in [0.717, 1.165) is 5.69 Å². The molecule has 3 heterocycles. The molecule has 33 heavy (non-hydrogen) atoms. The molecular formula is C24H17ClN2O5S. The van der Waals surface area contributed by atoms with E-state index in [-0.39, 0.29) is 11.3 Å². The van der Waals surface area contributed by atoms with Gasteiger partial charge in [0.15, 0.2) is 28.0 Å². The zero-order valence-electron chi connectivity index (χ0n) is 17.5. The van der Waals surface area contributed by atoms with Gasteiger partial charge < -0.3 is 14.3 Å². The number of aryl methyl sites for hydroxylation is 1. The van der Waals surface area contributed by atoms with E-state index >= 15 is 0 Å². The molecule has 0 saturated heterocycles. The molecule has 0 bridgehead atoms. The largest absolute Gasteiger partial charge is 0.503 e. The maximum Gasteiger partial charge on any atom is 0.296 e. The Morgan fingerprint density at radius 1 is 1.24 bits per heavy atom. The molecule has 5 rings (SSSR count). The number of halogens is 1. The van der Waals surface area contributed by atoms with E-state index in [0.29, 0.717) is 32.4 Å². The summed E-state index contributed by atoms with van der Waals surface area (Å²) in [6, 6.07) is 12.7. The lowest BCUT2D eigenvalue weighted by Gasteiger charge is -2.24. The predicted octanol–water partition coefficient (Wildman–Crippen LogP) is 5.64. The summed E-state index contributed by atoms with van der Waals surface area (Å²) in [5, 5.41) is 14.1. The minimum atomic E-state index is -0.927. The van der Waals surface area contributed by atoms with E-state index in [9.17, 15) is 14.7 Å². The molecule has 2 aromatic heterocycles. The number of para-hydroxylation sites is 1. The third-order valence-corrected chi connectivity index (χ3v) is 6.57. The molecule has 1 atom stereocenters. The molecule has 1 amide bonds. The maximum atomic E-state index is 13.6. The zero-order valence-corrected chi connectivity index (χ0v) is 19.1. The van der Waals surface area contributed by atoms with E-state index in [1.165, 1.54) is 23.3 Å². The second-order valence-electron chi connectivity index (χ2n) is 7.48. The van der Waals surface area contributed by atoms with Crippen molar-refractivity contribution in [2.45, 2.75) is 13.0 Å². The minimum absolute atomic E-state index is 0.0203. The Balaban J connectivity index is 1.67. The van der Waals surface area contributed by atoms with Crippen molar-refractivity contribution in [3.8, 4) is 5.75 Å². The summed E-state index contributed by atoms with van der Waals surface area (Å²) in [7, 11) is 1.51. The van der Waals surface area contributed by atoms with Gasteiger partial charge in [0.25, 0.3) is 5.91 Å². The summed E-state index contributed by atoms with van der Waals surface area (Å²) >= 11 is 7.46. The average molecular weight is 481 g/mol. The van der Waals surface area contributed by atoms with Crippen LogP contribution in [0.1, 0.15) is 27.9 Å². The van der Waals surface area contributed by atoms with Crippen LogP contribution in [0.15, 0.2) is 69.7 Å². The van der Waals surface area contributed by atoms with Gasteiger partial charge in [-0.2, -0.15) is 0 Å². The van der Waals surface area contributed by atoms with Gasteiger partial charge >= 0.3 is 0 Å². The molecule has 1 N–H and O–H groups in total. The van der Waals surface area contributed by atoms with Crippen molar-refractivity contribution in [3.63, 3.8) is 0 Å². The van der Waals surface area contributed by atoms with Crippen LogP contribution >= 0.6 is 22.9 Å². The Labute approximate surface area is 197 Å². The molecule has 1 aliphatic rings. The normalized spacial score (nSPS) is 16.2. The molecule has 0 spiro atoms. The number of nitrogens with zero attached hydrogens (tertiary/aromatic N) is 2. The summed E-state index contributed by atoms with van der Waals surface area (Å²) in [6.07, 6.45) is 0. The molecule has 166 valence electrons. The van der Waals surface area contributed by atoms with Crippen LogP contribution in [0.25, 0.3) is 11.0 Å². The van der Waals surface area contributed by atoms with Gasteiger partial charge in [-0.25, -0.2) is 4.98 Å². The van der Waals surface area contributed by atoms with Gasteiger partial charge in [-0.3, -0.25) is 14.5 Å². The molecule has 2 aromatic carbocycles. The minimum Gasteiger partial charge on any atom is -0.503 e. The standard InChI is InChI=1S/C24H17ClN2O5S/c1-12-11-33-24(26-12)27-19(13-5-3-7-15(25)9-13)18(21(29)23(27)30)20(28)17-10-14-6-4-8-16(31-2)22(14)32-17/h3-11,19,29H,1-2H3. The van der Waals surface area contributed by atoms with Crippen molar-refractivity contribution in [1.29, 1.82) is 0 Å². The first-order chi connectivity index (χ1) is 15.9. The van der Waals surface area contributed by atoms with Gasteiger partial charge in [-0.15, -0.1) is 11.3 Å². The maximum absolute atomic E-state index is 13.6. The van der Waals surface area contributed by atoms with E-state index < -0.39 is 23.5 Å². The second kappa shape index (κ2) is 8.06. The number of amides is 1. The zero-order chi connectivity index (χ0) is 23.3. The van der Waals surface area contributed by atoms with E-state index in [4.69, 9.17) is 20.8 Å². The number of anilines is 1. The van der Waals surface area contributed by atoms with Gasteiger partial charge in [0.05, 0.1) is 24.4 Å². The highest BCUT2D eigenvalue weighted by Crippen LogP contribution is 2.44.